The van der Waals surface area contributed by atoms with Crippen LogP contribution < -0.4 is 10.5 Å². The maximum Gasteiger partial charge on any atom is 0.276 e. The fourth-order valence-corrected chi connectivity index (χ4v) is 4.63. The molecular weight excluding hydrogens is 434 g/mol. The number of nitrogens with zero attached hydrogens (tertiary/aromatic N) is 4. The van der Waals surface area contributed by atoms with Crippen LogP contribution in [-0.4, -0.2) is 78.1 Å². The molecule has 182 valence electrons. The first-order valence-corrected chi connectivity index (χ1v) is 11.9. The Bertz CT molecular complexity index is 1010. The van der Waals surface area contributed by atoms with Crippen molar-refractivity contribution in [1.29, 1.82) is 0 Å². The van der Waals surface area contributed by atoms with Crippen LogP contribution in [0.25, 0.3) is 0 Å². The third-order valence-corrected chi connectivity index (χ3v) is 6.86. The van der Waals surface area contributed by atoms with Crippen LogP contribution in [0.5, 0.6) is 5.75 Å². The van der Waals surface area contributed by atoms with Gasteiger partial charge in [-0.25, -0.2) is 9.97 Å². The number of fused-ring (bicyclic) bond motifs is 1. The number of benzene rings is 1. The molecule has 0 saturated carbocycles. The van der Waals surface area contributed by atoms with E-state index in [9.17, 15) is 9.59 Å². The van der Waals surface area contributed by atoms with Crippen LogP contribution in [0, 0.1) is 5.41 Å². The van der Waals surface area contributed by atoms with E-state index in [1.165, 1.54) is 12.4 Å². The first-order chi connectivity index (χ1) is 16.5. The van der Waals surface area contributed by atoms with Gasteiger partial charge in [0.2, 0.25) is 0 Å². The molecule has 4 rings (SSSR count). The molecule has 2 aliphatic heterocycles. The van der Waals surface area contributed by atoms with E-state index in [0.717, 1.165) is 32.1 Å². The largest absolute Gasteiger partial charge is 0.492 e. The molecule has 0 atom stereocenters. The Labute approximate surface area is 200 Å². The van der Waals surface area contributed by atoms with E-state index in [-0.39, 0.29) is 28.7 Å². The first-order valence-electron chi connectivity index (χ1n) is 11.9. The summed E-state index contributed by atoms with van der Waals surface area (Å²) >= 11 is 0. The molecule has 3 heterocycles. The average molecular weight is 468 g/mol. The van der Waals surface area contributed by atoms with Gasteiger partial charge in [0.05, 0.1) is 18.8 Å². The van der Waals surface area contributed by atoms with Gasteiger partial charge in [-0.1, -0.05) is 18.6 Å². The van der Waals surface area contributed by atoms with E-state index in [1.54, 1.807) is 22.9 Å². The zero-order valence-corrected chi connectivity index (χ0v) is 19.7. The summed E-state index contributed by atoms with van der Waals surface area (Å²) in [6, 6.07) is 7.40. The zero-order valence-electron chi connectivity index (χ0n) is 19.7. The van der Waals surface area contributed by atoms with Gasteiger partial charge in [-0.15, -0.1) is 0 Å². The zero-order chi connectivity index (χ0) is 24.0. The number of amides is 2. The highest BCUT2D eigenvalue weighted by atomic mass is 16.5. The lowest BCUT2D eigenvalue weighted by Gasteiger charge is -2.42. The number of carbonyl (C=O) groups is 2. The molecule has 1 aromatic carbocycles. The van der Waals surface area contributed by atoms with Gasteiger partial charge in [0, 0.05) is 51.1 Å². The number of para-hydroxylation sites is 1. The monoisotopic (exact) mass is 467 g/mol. The predicted molar refractivity (Wildman–Crippen MR) is 128 cm³/mol. The minimum Gasteiger partial charge on any atom is -0.492 e. The highest BCUT2D eigenvalue weighted by Gasteiger charge is 2.37. The summed E-state index contributed by atoms with van der Waals surface area (Å²) in [6.07, 6.45) is 7.51. The lowest BCUT2D eigenvalue weighted by molar-refractivity contribution is 0.0326. The highest BCUT2D eigenvalue weighted by Crippen LogP contribution is 2.38. The number of aromatic nitrogens is 2. The lowest BCUT2D eigenvalue weighted by Crippen LogP contribution is -2.46. The second-order valence-electron chi connectivity index (χ2n) is 9.16. The summed E-state index contributed by atoms with van der Waals surface area (Å²) in [6.45, 7) is 3.41. The summed E-state index contributed by atoms with van der Waals surface area (Å²) in [7, 11) is 1.78. The first kappa shape index (κ1) is 23.9. The van der Waals surface area contributed by atoms with Crippen molar-refractivity contribution in [3.63, 3.8) is 0 Å². The summed E-state index contributed by atoms with van der Waals surface area (Å²) in [5, 5.41) is 0. The Hall–Kier alpha value is -3.20. The molecule has 34 heavy (non-hydrogen) atoms. The molecule has 1 fully saturated rings. The van der Waals surface area contributed by atoms with Crippen molar-refractivity contribution in [3.05, 3.63) is 47.9 Å². The number of nitrogen functional groups attached to an aromatic ring is 1. The Morgan fingerprint density at radius 3 is 2.59 bits per heavy atom. The van der Waals surface area contributed by atoms with E-state index < -0.39 is 0 Å². The van der Waals surface area contributed by atoms with Gasteiger partial charge in [0.15, 0.2) is 11.5 Å². The minimum atomic E-state index is -0.186. The van der Waals surface area contributed by atoms with Gasteiger partial charge in [0.25, 0.3) is 11.8 Å². The fraction of sp³-hybridized carbons (Fsp3) is 0.520. The number of carbonyl (C=O) groups excluding carboxylic acids is 2. The number of anilines is 1. The molecule has 9 heteroatoms. The summed E-state index contributed by atoms with van der Waals surface area (Å²) in [5.74, 6) is 0.491. The molecule has 9 nitrogen and oxygen atoms in total. The molecule has 0 radical (unpaired) electrons. The molecule has 1 saturated heterocycles. The Balaban J connectivity index is 1.50. The van der Waals surface area contributed by atoms with E-state index in [2.05, 4.69) is 9.97 Å². The predicted octanol–water partition coefficient (Wildman–Crippen LogP) is 2.63. The summed E-state index contributed by atoms with van der Waals surface area (Å²) in [5.41, 5.74) is 6.54. The second-order valence-corrected chi connectivity index (χ2v) is 9.16. The molecular formula is C25H33N5O4. The van der Waals surface area contributed by atoms with Crippen molar-refractivity contribution in [2.75, 3.05) is 52.2 Å². The number of piperidine rings is 1. The van der Waals surface area contributed by atoms with Gasteiger partial charge in [-0.05, 0) is 37.8 Å². The van der Waals surface area contributed by atoms with Crippen LogP contribution >= 0.6 is 0 Å². The standard InChI is InChI=1S/C25H33N5O4/c1-29-15-17-33-16-5-4-8-25(18-34-20-7-3-2-6-19(20)23(29)31)9-13-30(14-10-25)24(32)21-22(26)28-12-11-27-21/h2-3,6-7,11-12H,4-5,8-10,13-18H2,1H3,(H2,26,28). The Morgan fingerprint density at radius 1 is 1.03 bits per heavy atom. The van der Waals surface area contributed by atoms with Crippen molar-refractivity contribution in [1.82, 2.24) is 19.8 Å². The van der Waals surface area contributed by atoms with Gasteiger partial charge >= 0.3 is 0 Å². The topological polar surface area (TPSA) is 111 Å². The third kappa shape index (κ3) is 5.47. The molecule has 0 bridgehead atoms. The quantitative estimate of drug-likeness (QED) is 0.686. The molecule has 0 unspecified atom stereocenters. The van der Waals surface area contributed by atoms with Crippen molar-refractivity contribution < 1.29 is 19.1 Å². The van der Waals surface area contributed by atoms with Gasteiger partial charge < -0.3 is 25.0 Å². The van der Waals surface area contributed by atoms with Crippen LogP contribution in [0.3, 0.4) is 0 Å². The fourth-order valence-electron chi connectivity index (χ4n) is 4.63. The number of likely N-dealkylation sites (tertiary alicyclic amines) is 1. The van der Waals surface area contributed by atoms with Gasteiger partial charge in [-0.2, -0.15) is 0 Å². The van der Waals surface area contributed by atoms with Crippen molar-refractivity contribution >= 4 is 17.6 Å². The van der Waals surface area contributed by atoms with Crippen LogP contribution in [0.15, 0.2) is 36.7 Å². The molecule has 0 aliphatic carbocycles. The molecule has 2 N–H and O–H groups in total. The van der Waals surface area contributed by atoms with Crippen molar-refractivity contribution in [3.8, 4) is 5.75 Å². The maximum absolute atomic E-state index is 13.0. The number of likely N-dealkylation sites (N-methyl/N-ethyl adjacent to an activating group) is 1. The van der Waals surface area contributed by atoms with E-state index in [1.807, 2.05) is 18.2 Å². The van der Waals surface area contributed by atoms with Gasteiger partial charge in [-0.3, -0.25) is 9.59 Å². The van der Waals surface area contributed by atoms with Crippen molar-refractivity contribution in [2.24, 2.45) is 5.41 Å². The summed E-state index contributed by atoms with van der Waals surface area (Å²) < 4.78 is 12.1. The Morgan fingerprint density at radius 2 is 1.79 bits per heavy atom. The molecule has 2 aromatic rings. The smallest absolute Gasteiger partial charge is 0.276 e. The van der Waals surface area contributed by atoms with Gasteiger partial charge in [0.1, 0.15) is 5.75 Å². The van der Waals surface area contributed by atoms with Crippen LogP contribution in [0.2, 0.25) is 0 Å². The van der Waals surface area contributed by atoms with Crippen LogP contribution in [-0.2, 0) is 4.74 Å². The second kappa shape index (κ2) is 10.8. The van der Waals surface area contributed by atoms with E-state index in [4.69, 9.17) is 15.2 Å². The minimum absolute atomic E-state index is 0.0766. The lowest BCUT2D eigenvalue weighted by atomic mass is 9.75. The number of hydrogen-bond donors (Lipinski definition) is 1. The maximum atomic E-state index is 13.0. The molecule has 1 spiro atoms. The van der Waals surface area contributed by atoms with Crippen LogP contribution in [0.4, 0.5) is 5.82 Å². The average Bonchev–Trinajstić information content (AvgIpc) is 2.86. The third-order valence-electron chi connectivity index (χ3n) is 6.86. The Kier molecular flexibility index (Phi) is 7.62. The van der Waals surface area contributed by atoms with Crippen molar-refractivity contribution in [2.45, 2.75) is 32.1 Å². The van der Waals surface area contributed by atoms with E-state index in [0.29, 0.717) is 50.8 Å². The molecule has 2 amide bonds. The van der Waals surface area contributed by atoms with Crippen LogP contribution in [0.1, 0.15) is 53.0 Å². The SMILES string of the molecule is CN1CCOCCCCC2(CCN(C(=O)c3nccnc3N)CC2)COc2ccccc2C1=O. The molecule has 2 aliphatic rings. The highest BCUT2D eigenvalue weighted by molar-refractivity contribution is 5.97. The normalized spacial score (nSPS) is 19.7. The number of ether oxygens (including phenoxy) is 2. The number of hydrogen-bond acceptors (Lipinski definition) is 7. The summed E-state index contributed by atoms with van der Waals surface area (Å²) in [4.78, 5) is 37.5. The number of nitrogens with two attached hydrogens (primary N) is 1. The number of rotatable bonds is 1. The van der Waals surface area contributed by atoms with E-state index >= 15 is 0 Å². The molecule has 1 aromatic heterocycles.